The van der Waals surface area contributed by atoms with Crippen LogP contribution in [0.5, 0.6) is 11.5 Å². The summed E-state index contributed by atoms with van der Waals surface area (Å²) in [5.74, 6) is 2.05. The van der Waals surface area contributed by atoms with Gasteiger partial charge in [0.25, 0.3) is 0 Å². The first-order chi connectivity index (χ1) is 10.3. The molecule has 6 heteroatoms. The molecule has 0 saturated carbocycles. The lowest BCUT2D eigenvalue weighted by molar-refractivity contribution is 0.174. The van der Waals surface area contributed by atoms with Crippen LogP contribution in [-0.2, 0) is 6.42 Å². The third kappa shape index (κ3) is 2.04. The predicted octanol–water partition coefficient (Wildman–Crippen LogP) is 4.30. The van der Waals surface area contributed by atoms with Crippen molar-refractivity contribution in [1.82, 2.24) is 9.97 Å². The highest BCUT2D eigenvalue weighted by molar-refractivity contribution is 7.13. The molecule has 1 aliphatic heterocycles. The second-order valence-electron chi connectivity index (χ2n) is 4.69. The normalized spacial score (nSPS) is 13.0. The van der Waals surface area contributed by atoms with E-state index in [2.05, 4.69) is 28.3 Å². The lowest BCUT2D eigenvalue weighted by Crippen LogP contribution is -1.93. The minimum Gasteiger partial charge on any atom is -0.454 e. The molecule has 1 aliphatic rings. The van der Waals surface area contributed by atoms with E-state index in [4.69, 9.17) is 21.1 Å². The molecular formula is C15H11ClN2O2S. The van der Waals surface area contributed by atoms with E-state index in [0.717, 1.165) is 22.2 Å². The van der Waals surface area contributed by atoms with Gasteiger partial charge in [-0.1, -0.05) is 18.5 Å². The van der Waals surface area contributed by atoms with E-state index in [1.165, 1.54) is 5.56 Å². The van der Waals surface area contributed by atoms with Crippen molar-refractivity contribution in [1.29, 1.82) is 0 Å². The maximum absolute atomic E-state index is 6.33. The topological polar surface area (TPSA) is 44.2 Å². The van der Waals surface area contributed by atoms with Crippen molar-refractivity contribution < 1.29 is 9.47 Å². The second kappa shape index (κ2) is 4.86. The highest BCUT2D eigenvalue weighted by Gasteiger charge is 2.18. The number of rotatable bonds is 2. The summed E-state index contributed by atoms with van der Waals surface area (Å²) < 4.78 is 10.8. The number of aryl methyl sites for hydroxylation is 1. The molecule has 21 heavy (non-hydrogen) atoms. The largest absolute Gasteiger partial charge is 0.454 e. The highest BCUT2D eigenvalue weighted by atomic mass is 35.5. The number of nitrogens with zero attached hydrogens (tertiary/aromatic N) is 2. The molecule has 0 radical (unpaired) electrons. The van der Waals surface area contributed by atoms with E-state index in [9.17, 15) is 0 Å². The van der Waals surface area contributed by atoms with Crippen LogP contribution in [0.2, 0.25) is 5.15 Å². The van der Waals surface area contributed by atoms with Crippen molar-refractivity contribution in [2.24, 2.45) is 0 Å². The average Bonchev–Trinajstić information content (AvgIpc) is 3.13. The first-order valence-corrected chi connectivity index (χ1v) is 7.85. The second-order valence-corrected chi connectivity index (χ2v) is 5.96. The monoisotopic (exact) mass is 318 g/mol. The maximum Gasteiger partial charge on any atom is 0.231 e. The van der Waals surface area contributed by atoms with E-state index >= 15 is 0 Å². The number of fused-ring (bicyclic) bond motifs is 2. The van der Waals surface area contributed by atoms with Gasteiger partial charge in [0.1, 0.15) is 5.15 Å². The molecule has 4 nitrogen and oxygen atoms in total. The Hall–Kier alpha value is -1.85. The molecule has 0 atom stereocenters. The Balaban J connectivity index is 1.94. The third-order valence-electron chi connectivity index (χ3n) is 3.47. The van der Waals surface area contributed by atoms with Gasteiger partial charge in [-0.2, -0.15) is 0 Å². The fourth-order valence-corrected chi connectivity index (χ4v) is 3.55. The zero-order valence-electron chi connectivity index (χ0n) is 11.2. The van der Waals surface area contributed by atoms with Crippen LogP contribution in [0.4, 0.5) is 0 Å². The zero-order valence-corrected chi connectivity index (χ0v) is 12.8. The standard InChI is InChI=1S/C15H11ClN2O2S/c1-2-8-3-4-21-13(8)15-17-10-6-12-11(19-7-20-12)5-9(10)14(16)18-15/h3-6H,2,7H2,1H3. The van der Waals surface area contributed by atoms with Crippen molar-refractivity contribution in [2.45, 2.75) is 13.3 Å². The fraction of sp³-hybridized carbons (Fsp3) is 0.200. The summed E-state index contributed by atoms with van der Waals surface area (Å²) in [4.78, 5) is 10.2. The van der Waals surface area contributed by atoms with Gasteiger partial charge in [-0.25, -0.2) is 9.97 Å². The molecule has 0 unspecified atom stereocenters. The lowest BCUT2D eigenvalue weighted by Gasteiger charge is -2.06. The number of hydrogen-bond donors (Lipinski definition) is 0. The van der Waals surface area contributed by atoms with Crippen LogP contribution in [0.1, 0.15) is 12.5 Å². The molecule has 3 heterocycles. The summed E-state index contributed by atoms with van der Waals surface area (Å²) in [6.07, 6.45) is 0.943. The Bertz CT molecular complexity index is 847. The molecule has 0 saturated heterocycles. The molecule has 0 spiro atoms. The SMILES string of the molecule is CCc1ccsc1-c1nc(Cl)c2cc3c(cc2n1)OCO3. The van der Waals surface area contributed by atoms with Crippen LogP contribution in [0.25, 0.3) is 21.6 Å². The first-order valence-electron chi connectivity index (χ1n) is 6.60. The summed E-state index contributed by atoms with van der Waals surface area (Å²) in [6.45, 7) is 2.35. The molecule has 3 aromatic rings. The first kappa shape index (κ1) is 12.9. The van der Waals surface area contributed by atoms with Gasteiger partial charge in [0.2, 0.25) is 6.79 Å². The number of aromatic nitrogens is 2. The van der Waals surface area contributed by atoms with Gasteiger partial charge in [0, 0.05) is 11.5 Å². The molecule has 0 fully saturated rings. The van der Waals surface area contributed by atoms with Crippen LogP contribution in [0, 0.1) is 0 Å². The van der Waals surface area contributed by atoms with Crippen molar-refractivity contribution >= 4 is 33.8 Å². The van der Waals surface area contributed by atoms with Crippen LogP contribution in [0.15, 0.2) is 23.6 Å². The maximum atomic E-state index is 6.33. The van der Waals surface area contributed by atoms with Crippen LogP contribution in [0.3, 0.4) is 0 Å². The zero-order chi connectivity index (χ0) is 14.4. The Labute approximate surface area is 130 Å². The molecule has 0 N–H and O–H groups in total. The molecule has 2 aromatic heterocycles. The van der Waals surface area contributed by atoms with Gasteiger partial charge in [-0.05, 0) is 29.5 Å². The van der Waals surface area contributed by atoms with Gasteiger partial charge >= 0.3 is 0 Å². The van der Waals surface area contributed by atoms with Crippen LogP contribution < -0.4 is 9.47 Å². The molecule has 0 amide bonds. The van der Waals surface area contributed by atoms with E-state index in [0.29, 0.717) is 22.5 Å². The molecule has 0 aliphatic carbocycles. The third-order valence-corrected chi connectivity index (χ3v) is 4.72. The number of halogens is 1. The summed E-state index contributed by atoms with van der Waals surface area (Å²) >= 11 is 7.96. The van der Waals surface area contributed by atoms with Crippen molar-refractivity contribution in [3.8, 4) is 22.2 Å². The van der Waals surface area contributed by atoms with E-state index in [1.54, 1.807) is 11.3 Å². The molecule has 106 valence electrons. The van der Waals surface area contributed by atoms with Crippen molar-refractivity contribution in [3.05, 3.63) is 34.3 Å². The van der Waals surface area contributed by atoms with E-state index < -0.39 is 0 Å². The Morgan fingerprint density at radius 2 is 2.05 bits per heavy atom. The molecule has 4 rings (SSSR count). The van der Waals surface area contributed by atoms with E-state index in [1.807, 2.05) is 12.1 Å². The van der Waals surface area contributed by atoms with Gasteiger partial charge in [-0.3, -0.25) is 0 Å². The van der Waals surface area contributed by atoms with E-state index in [-0.39, 0.29) is 6.79 Å². The predicted molar refractivity (Wildman–Crippen MR) is 83.4 cm³/mol. The summed E-state index contributed by atoms with van der Waals surface area (Å²) in [5, 5.41) is 3.26. The minimum atomic E-state index is 0.231. The Kier molecular flexibility index (Phi) is 2.97. The minimum absolute atomic E-state index is 0.231. The van der Waals surface area contributed by atoms with Gasteiger partial charge in [0.05, 0.1) is 10.4 Å². The fourth-order valence-electron chi connectivity index (χ4n) is 2.39. The summed E-state index contributed by atoms with van der Waals surface area (Å²) in [5.41, 5.74) is 2.00. The lowest BCUT2D eigenvalue weighted by atomic mass is 10.2. The van der Waals surface area contributed by atoms with Gasteiger partial charge in [0.15, 0.2) is 17.3 Å². The summed E-state index contributed by atoms with van der Waals surface area (Å²) in [7, 11) is 0. The highest BCUT2D eigenvalue weighted by Crippen LogP contribution is 2.38. The quantitative estimate of drug-likeness (QED) is 0.661. The molecule has 1 aromatic carbocycles. The number of benzene rings is 1. The number of hydrogen-bond acceptors (Lipinski definition) is 5. The molecular weight excluding hydrogens is 308 g/mol. The molecule has 0 bridgehead atoms. The smallest absolute Gasteiger partial charge is 0.231 e. The summed E-state index contributed by atoms with van der Waals surface area (Å²) in [6, 6.07) is 5.79. The number of thiophene rings is 1. The van der Waals surface area contributed by atoms with Crippen LogP contribution >= 0.6 is 22.9 Å². The Morgan fingerprint density at radius 1 is 1.24 bits per heavy atom. The average molecular weight is 319 g/mol. The Morgan fingerprint density at radius 3 is 2.86 bits per heavy atom. The van der Waals surface area contributed by atoms with Gasteiger partial charge < -0.3 is 9.47 Å². The number of ether oxygens (including phenoxy) is 2. The van der Waals surface area contributed by atoms with Crippen LogP contribution in [-0.4, -0.2) is 16.8 Å². The van der Waals surface area contributed by atoms with Gasteiger partial charge in [-0.15, -0.1) is 11.3 Å². The van der Waals surface area contributed by atoms with Crippen molar-refractivity contribution in [2.75, 3.05) is 6.79 Å². The van der Waals surface area contributed by atoms with Crippen molar-refractivity contribution in [3.63, 3.8) is 0 Å².